The SMILES string of the molecule is Cc1nn(C)cc1C(=O)NC(C1CCNCC1)C1CC(O)C1. The maximum absolute atomic E-state index is 12.6. The fourth-order valence-electron chi connectivity index (χ4n) is 3.80. The van der Waals surface area contributed by atoms with Crippen LogP contribution in [-0.4, -0.2) is 46.0 Å². The molecule has 3 rings (SSSR count). The van der Waals surface area contributed by atoms with Crippen LogP contribution in [0.3, 0.4) is 0 Å². The van der Waals surface area contributed by atoms with E-state index in [0.29, 0.717) is 17.4 Å². The molecule has 2 aliphatic rings. The highest BCUT2D eigenvalue weighted by molar-refractivity contribution is 5.95. The lowest BCUT2D eigenvalue weighted by molar-refractivity contribution is 0.00918. The fourth-order valence-corrected chi connectivity index (χ4v) is 3.80. The van der Waals surface area contributed by atoms with Gasteiger partial charge in [-0.1, -0.05) is 0 Å². The van der Waals surface area contributed by atoms with Gasteiger partial charge in [0.2, 0.25) is 0 Å². The van der Waals surface area contributed by atoms with Gasteiger partial charge in [-0.2, -0.15) is 5.10 Å². The van der Waals surface area contributed by atoms with Crippen LogP contribution in [0.5, 0.6) is 0 Å². The smallest absolute Gasteiger partial charge is 0.254 e. The van der Waals surface area contributed by atoms with Gasteiger partial charge in [-0.3, -0.25) is 9.48 Å². The Labute approximate surface area is 131 Å². The van der Waals surface area contributed by atoms with Crippen molar-refractivity contribution >= 4 is 5.91 Å². The van der Waals surface area contributed by atoms with Crippen molar-refractivity contribution in [2.45, 2.75) is 44.8 Å². The highest BCUT2D eigenvalue weighted by Crippen LogP contribution is 2.35. The number of carbonyl (C=O) groups excluding carboxylic acids is 1. The molecule has 6 nitrogen and oxygen atoms in total. The molecule has 1 saturated heterocycles. The van der Waals surface area contributed by atoms with E-state index in [2.05, 4.69) is 15.7 Å². The van der Waals surface area contributed by atoms with Gasteiger partial charge in [0.1, 0.15) is 0 Å². The van der Waals surface area contributed by atoms with Crippen LogP contribution in [0.25, 0.3) is 0 Å². The molecule has 1 aliphatic heterocycles. The van der Waals surface area contributed by atoms with E-state index < -0.39 is 0 Å². The van der Waals surface area contributed by atoms with Gasteiger partial charge in [-0.05, 0) is 57.5 Å². The summed E-state index contributed by atoms with van der Waals surface area (Å²) < 4.78 is 1.68. The largest absolute Gasteiger partial charge is 0.393 e. The summed E-state index contributed by atoms with van der Waals surface area (Å²) in [6.45, 7) is 3.89. The van der Waals surface area contributed by atoms with Crippen molar-refractivity contribution < 1.29 is 9.90 Å². The summed E-state index contributed by atoms with van der Waals surface area (Å²) in [6.07, 6.45) is 5.38. The third-order valence-corrected chi connectivity index (χ3v) is 5.11. The molecule has 6 heteroatoms. The molecule has 1 amide bonds. The lowest BCUT2D eigenvalue weighted by atomic mass is 9.71. The van der Waals surface area contributed by atoms with E-state index in [1.807, 2.05) is 14.0 Å². The summed E-state index contributed by atoms with van der Waals surface area (Å²) in [7, 11) is 1.83. The average molecular weight is 306 g/mol. The fraction of sp³-hybridized carbons (Fsp3) is 0.750. The Morgan fingerprint density at radius 3 is 2.64 bits per heavy atom. The van der Waals surface area contributed by atoms with Crippen LogP contribution >= 0.6 is 0 Å². The number of aliphatic hydroxyl groups is 1. The molecule has 0 bridgehead atoms. The zero-order valence-corrected chi connectivity index (χ0v) is 13.4. The van der Waals surface area contributed by atoms with E-state index in [1.165, 1.54) is 0 Å². The lowest BCUT2D eigenvalue weighted by Crippen LogP contribution is -2.52. The van der Waals surface area contributed by atoms with Crippen LogP contribution in [0.15, 0.2) is 6.20 Å². The minimum Gasteiger partial charge on any atom is -0.393 e. The molecule has 2 heterocycles. The normalized spacial score (nSPS) is 27.2. The van der Waals surface area contributed by atoms with Crippen LogP contribution in [0, 0.1) is 18.8 Å². The Hall–Kier alpha value is -1.40. The predicted octanol–water partition coefficient (Wildman–Crippen LogP) is 0.597. The van der Waals surface area contributed by atoms with Gasteiger partial charge >= 0.3 is 0 Å². The number of piperidine rings is 1. The Kier molecular flexibility index (Phi) is 4.49. The third kappa shape index (κ3) is 3.17. The highest BCUT2D eigenvalue weighted by Gasteiger charge is 2.39. The van der Waals surface area contributed by atoms with Crippen LogP contribution in [-0.2, 0) is 7.05 Å². The molecule has 1 aromatic rings. The first-order chi connectivity index (χ1) is 10.5. The van der Waals surface area contributed by atoms with Gasteiger partial charge in [-0.25, -0.2) is 0 Å². The van der Waals surface area contributed by atoms with Gasteiger partial charge in [0.25, 0.3) is 5.91 Å². The topological polar surface area (TPSA) is 79.2 Å². The van der Waals surface area contributed by atoms with Crippen molar-refractivity contribution in [1.29, 1.82) is 0 Å². The number of hydrogen-bond acceptors (Lipinski definition) is 4. The van der Waals surface area contributed by atoms with Gasteiger partial charge in [0.05, 0.1) is 17.4 Å². The summed E-state index contributed by atoms with van der Waals surface area (Å²) in [5.41, 5.74) is 1.42. The number of rotatable bonds is 4. The Morgan fingerprint density at radius 2 is 2.09 bits per heavy atom. The number of hydrogen-bond donors (Lipinski definition) is 3. The second kappa shape index (κ2) is 6.38. The summed E-state index contributed by atoms with van der Waals surface area (Å²) in [4.78, 5) is 12.6. The monoisotopic (exact) mass is 306 g/mol. The van der Waals surface area contributed by atoms with Gasteiger partial charge in [-0.15, -0.1) is 0 Å². The van der Waals surface area contributed by atoms with Gasteiger partial charge in [0, 0.05) is 19.3 Å². The predicted molar refractivity (Wildman–Crippen MR) is 83.5 cm³/mol. The molecule has 1 saturated carbocycles. The molecular formula is C16H26N4O2. The molecule has 122 valence electrons. The molecule has 0 aromatic carbocycles. The van der Waals surface area contributed by atoms with E-state index >= 15 is 0 Å². The molecule has 0 radical (unpaired) electrons. The molecule has 1 aliphatic carbocycles. The highest BCUT2D eigenvalue weighted by atomic mass is 16.3. The molecule has 2 fully saturated rings. The molecule has 22 heavy (non-hydrogen) atoms. The maximum Gasteiger partial charge on any atom is 0.254 e. The summed E-state index contributed by atoms with van der Waals surface area (Å²) in [5, 5.41) is 20.5. The average Bonchev–Trinajstić information content (AvgIpc) is 2.81. The number of aryl methyl sites for hydroxylation is 2. The van der Waals surface area contributed by atoms with Crippen molar-refractivity contribution in [3.63, 3.8) is 0 Å². The minimum atomic E-state index is -0.189. The standard InChI is InChI=1S/C16H26N4O2/c1-10-14(9-20(2)19-10)16(22)18-15(12-7-13(21)8-12)11-3-5-17-6-4-11/h9,11-13,15,17,21H,3-8H2,1-2H3,(H,18,22). The summed E-state index contributed by atoms with van der Waals surface area (Å²) >= 11 is 0. The molecule has 1 unspecified atom stereocenters. The quantitative estimate of drug-likeness (QED) is 0.761. The van der Waals surface area contributed by atoms with Gasteiger partial charge in [0.15, 0.2) is 0 Å². The molecular weight excluding hydrogens is 280 g/mol. The number of carbonyl (C=O) groups is 1. The summed E-state index contributed by atoms with van der Waals surface area (Å²) in [5.74, 6) is 0.870. The minimum absolute atomic E-state index is 0.0319. The zero-order chi connectivity index (χ0) is 15.7. The van der Waals surface area contributed by atoms with Gasteiger partial charge < -0.3 is 15.7 Å². The lowest BCUT2D eigenvalue weighted by Gasteiger charge is -2.43. The van der Waals surface area contributed by atoms with E-state index in [9.17, 15) is 9.90 Å². The van der Waals surface area contributed by atoms with Crippen LogP contribution in [0.4, 0.5) is 0 Å². The van der Waals surface area contributed by atoms with Crippen LogP contribution in [0.2, 0.25) is 0 Å². The molecule has 1 atom stereocenters. The second-order valence-corrected chi connectivity index (χ2v) is 6.77. The van der Waals surface area contributed by atoms with E-state index in [0.717, 1.165) is 44.5 Å². The first-order valence-electron chi connectivity index (χ1n) is 8.24. The van der Waals surface area contributed by atoms with Crippen molar-refractivity contribution in [2.24, 2.45) is 18.9 Å². The second-order valence-electron chi connectivity index (χ2n) is 6.77. The maximum atomic E-state index is 12.6. The number of nitrogens with zero attached hydrogens (tertiary/aromatic N) is 2. The van der Waals surface area contributed by atoms with Crippen molar-refractivity contribution in [1.82, 2.24) is 20.4 Å². The van der Waals surface area contributed by atoms with Crippen molar-refractivity contribution in [3.8, 4) is 0 Å². The Balaban J connectivity index is 1.71. The van der Waals surface area contributed by atoms with Crippen molar-refractivity contribution in [3.05, 3.63) is 17.5 Å². The van der Waals surface area contributed by atoms with E-state index in [1.54, 1.807) is 10.9 Å². The number of nitrogens with one attached hydrogen (secondary N) is 2. The van der Waals surface area contributed by atoms with Crippen LogP contribution < -0.4 is 10.6 Å². The zero-order valence-electron chi connectivity index (χ0n) is 13.4. The first-order valence-corrected chi connectivity index (χ1v) is 8.24. The summed E-state index contributed by atoms with van der Waals surface area (Å²) in [6, 6.07) is 0.164. The molecule has 1 aromatic heterocycles. The number of aliphatic hydroxyl groups excluding tert-OH is 1. The van der Waals surface area contributed by atoms with E-state index in [4.69, 9.17) is 0 Å². The first kappa shape index (κ1) is 15.5. The van der Waals surface area contributed by atoms with E-state index in [-0.39, 0.29) is 18.1 Å². The van der Waals surface area contributed by atoms with Crippen LogP contribution in [0.1, 0.15) is 41.7 Å². The molecule has 0 spiro atoms. The Bertz CT molecular complexity index is 530. The van der Waals surface area contributed by atoms with Crippen molar-refractivity contribution in [2.75, 3.05) is 13.1 Å². The number of aromatic nitrogens is 2. The number of amides is 1. The third-order valence-electron chi connectivity index (χ3n) is 5.11. The molecule has 3 N–H and O–H groups in total. The Morgan fingerprint density at radius 1 is 1.41 bits per heavy atom.